The second-order valence-electron chi connectivity index (χ2n) is 1.84. The average Bonchev–Trinajstić information content (AvgIpc) is 2.13. The molecule has 6 nitrogen and oxygen atoms in total. The summed E-state index contributed by atoms with van der Waals surface area (Å²) in [6, 6.07) is 0. The van der Waals surface area contributed by atoms with Gasteiger partial charge in [0.1, 0.15) is 6.61 Å². The molecule has 0 aromatic heterocycles. The van der Waals surface area contributed by atoms with Crippen LogP contribution in [0.1, 0.15) is 6.42 Å². The van der Waals surface area contributed by atoms with Crippen LogP contribution in [0.4, 0.5) is 0 Å². The van der Waals surface area contributed by atoms with E-state index in [1.54, 1.807) is 0 Å². The fourth-order valence-electron chi connectivity index (χ4n) is 0.679. The van der Waals surface area contributed by atoms with Crippen LogP contribution in [0, 0.1) is 10.1 Å². The van der Waals surface area contributed by atoms with E-state index in [-0.39, 0.29) is 13.0 Å². The van der Waals surface area contributed by atoms with E-state index in [9.17, 15) is 14.9 Å². The molecular weight excluding hydrogens is 142 g/mol. The Labute approximate surface area is 55.8 Å². The van der Waals surface area contributed by atoms with E-state index in [0.717, 1.165) is 0 Å². The summed E-state index contributed by atoms with van der Waals surface area (Å²) < 4.78 is 4.40. The summed E-state index contributed by atoms with van der Waals surface area (Å²) in [6.45, 7) is -0.0141. The molecule has 1 aliphatic heterocycles. The lowest BCUT2D eigenvalue weighted by Crippen LogP contribution is -2.16. The first kappa shape index (κ1) is 6.79. The molecule has 0 bridgehead atoms. The van der Waals surface area contributed by atoms with Crippen molar-refractivity contribution in [1.29, 1.82) is 0 Å². The van der Waals surface area contributed by atoms with E-state index < -0.39 is 17.2 Å². The Bertz CT molecular complexity index is 167. The Morgan fingerprint density at radius 1 is 1.80 bits per heavy atom. The summed E-state index contributed by atoms with van der Waals surface area (Å²) in [5, 5.41) is 8.75. The SMILES string of the molecule is O=C1CC(O[N+](=O)[O-])CO1. The highest BCUT2D eigenvalue weighted by Gasteiger charge is 2.26. The number of hydrogen-bond donors (Lipinski definition) is 0. The fourth-order valence-corrected chi connectivity index (χ4v) is 0.679. The van der Waals surface area contributed by atoms with Gasteiger partial charge in [-0.3, -0.25) is 4.79 Å². The molecule has 0 amide bonds. The average molecular weight is 147 g/mol. The number of esters is 1. The first-order chi connectivity index (χ1) is 4.68. The molecule has 0 aromatic rings. The van der Waals surface area contributed by atoms with Gasteiger partial charge in [0.25, 0.3) is 5.09 Å². The summed E-state index contributed by atoms with van der Waals surface area (Å²) in [5.41, 5.74) is 0. The predicted molar refractivity (Wildman–Crippen MR) is 27.4 cm³/mol. The molecule has 1 fully saturated rings. The lowest BCUT2D eigenvalue weighted by Gasteiger charge is -2.00. The van der Waals surface area contributed by atoms with Crippen LogP contribution in [0.2, 0.25) is 0 Å². The van der Waals surface area contributed by atoms with Crippen LogP contribution in [0.3, 0.4) is 0 Å². The Morgan fingerprint density at radius 3 is 2.90 bits per heavy atom. The highest BCUT2D eigenvalue weighted by Crippen LogP contribution is 2.09. The highest BCUT2D eigenvalue weighted by molar-refractivity contribution is 5.71. The lowest BCUT2D eigenvalue weighted by atomic mass is 10.3. The first-order valence-corrected chi connectivity index (χ1v) is 2.65. The van der Waals surface area contributed by atoms with Crippen molar-refractivity contribution in [3.63, 3.8) is 0 Å². The smallest absolute Gasteiger partial charge is 0.308 e. The highest BCUT2D eigenvalue weighted by atomic mass is 17.0. The molecule has 1 heterocycles. The molecule has 0 N–H and O–H groups in total. The number of cyclic esters (lactones) is 1. The topological polar surface area (TPSA) is 78.7 Å². The zero-order chi connectivity index (χ0) is 7.56. The molecule has 0 aliphatic carbocycles. The van der Waals surface area contributed by atoms with Crippen molar-refractivity contribution in [2.24, 2.45) is 0 Å². The largest absolute Gasteiger partial charge is 0.463 e. The third-order valence-corrected chi connectivity index (χ3v) is 1.06. The minimum absolute atomic E-state index is 0.0141. The normalized spacial score (nSPS) is 24.0. The van der Waals surface area contributed by atoms with Crippen molar-refractivity contribution >= 4 is 5.97 Å². The van der Waals surface area contributed by atoms with Gasteiger partial charge in [0.05, 0.1) is 6.42 Å². The Hall–Kier alpha value is -1.33. The first-order valence-electron chi connectivity index (χ1n) is 2.65. The Kier molecular flexibility index (Phi) is 1.70. The van der Waals surface area contributed by atoms with Gasteiger partial charge in [0, 0.05) is 0 Å². The van der Waals surface area contributed by atoms with Crippen molar-refractivity contribution in [3.8, 4) is 0 Å². The van der Waals surface area contributed by atoms with Gasteiger partial charge in [-0.2, -0.15) is 0 Å². The van der Waals surface area contributed by atoms with Gasteiger partial charge < -0.3 is 9.57 Å². The van der Waals surface area contributed by atoms with Gasteiger partial charge in [-0.15, -0.1) is 10.1 Å². The molecule has 1 rings (SSSR count). The predicted octanol–water partition coefficient (Wildman–Crippen LogP) is -0.490. The van der Waals surface area contributed by atoms with Crippen molar-refractivity contribution < 1.29 is 19.5 Å². The van der Waals surface area contributed by atoms with Gasteiger partial charge in [0.2, 0.25) is 0 Å². The zero-order valence-electron chi connectivity index (χ0n) is 4.98. The summed E-state index contributed by atoms with van der Waals surface area (Å²) in [7, 11) is 0. The zero-order valence-corrected chi connectivity index (χ0v) is 4.98. The maximum Gasteiger partial charge on any atom is 0.308 e. The third-order valence-electron chi connectivity index (χ3n) is 1.06. The summed E-state index contributed by atoms with van der Waals surface area (Å²) in [4.78, 5) is 24.0. The number of carbonyl (C=O) groups excluding carboxylic acids is 1. The van der Waals surface area contributed by atoms with Gasteiger partial charge in [0.15, 0.2) is 6.10 Å². The number of nitrogens with zero attached hydrogens (tertiary/aromatic N) is 1. The molecule has 1 aliphatic rings. The maximum absolute atomic E-state index is 10.3. The molecule has 56 valence electrons. The van der Waals surface area contributed by atoms with Gasteiger partial charge in [-0.05, 0) is 0 Å². The van der Waals surface area contributed by atoms with Crippen LogP contribution in [-0.2, 0) is 14.4 Å². The molecule has 0 saturated carbocycles. The molecule has 1 saturated heterocycles. The van der Waals surface area contributed by atoms with Crippen LogP contribution in [-0.4, -0.2) is 23.8 Å². The quantitative estimate of drug-likeness (QED) is 0.299. The van der Waals surface area contributed by atoms with Crippen molar-refractivity contribution in [2.75, 3.05) is 6.61 Å². The van der Waals surface area contributed by atoms with E-state index >= 15 is 0 Å². The maximum atomic E-state index is 10.3. The Morgan fingerprint density at radius 2 is 2.50 bits per heavy atom. The van der Waals surface area contributed by atoms with Gasteiger partial charge in [-0.25, -0.2) is 0 Å². The standard InChI is InChI=1S/C4H5NO5/c6-4-1-3(2-9-4)10-5(7)8/h3H,1-2H2. The van der Waals surface area contributed by atoms with Crippen molar-refractivity contribution in [1.82, 2.24) is 0 Å². The minimum atomic E-state index is -0.924. The van der Waals surface area contributed by atoms with Crippen LogP contribution in [0.25, 0.3) is 0 Å². The lowest BCUT2D eigenvalue weighted by molar-refractivity contribution is -0.767. The fraction of sp³-hybridized carbons (Fsp3) is 0.750. The number of carbonyl (C=O) groups is 1. The van der Waals surface area contributed by atoms with E-state index in [4.69, 9.17) is 0 Å². The molecule has 0 spiro atoms. The minimum Gasteiger partial charge on any atom is -0.463 e. The summed E-state index contributed by atoms with van der Waals surface area (Å²) in [5.74, 6) is -0.452. The second-order valence-corrected chi connectivity index (χ2v) is 1.84. The Balaban J connectivity index is 2.31. The van der Waals surface area contributed by atoms with Crippen LogP contribution in [0.15, 0.2) is 0 Å². The van der Waals surface area contributed by atoms with Gasteiger partial charge in [-0.1, -0.05) is 0 Å². The van der Waals surface area contributed by atoms with Crippen LogP contribution >= 0.6 is 0 Å². The molecule has 1 atom stereocenters. The van der Waals surface area contributed by atoms with Gasteiger partial charge >= 0.3 is 5.97 Å². The van der Waals surface area contributed by atoms with E-state index in [1.165, 1.54) is 0 Å². The monoisotopic (exact) mass is 147 g/mol. The number of rotatable bonds is 2. The molecule has 6 heteroatoms. The number of hydrogen-bond acceptors (Lipinski definition) is 5. The molecule has 0 radical (unpaired) electrons. The van der Waals surface area contributed by atoms with E-state index in [0.29, 0.717) is 0 Å². The third kappa shape index (κ3) is 1.57. The van der Waals surface area contributed by atoms with E-state index in [2.05, 4.69) is 9.57 Å². The summed E-state index contributed by atoms with van der Waals surface area (Å²) in [6.07, 6.45) is -0.733. The van der Waals surface area contributed by atoms with Crippen molar-refractivity contribution in [2.45, 2.75) is 12.5 Å². The molecule has 1 unspecified atom stereocenters. The summed E-state index contributed by atoms with van der Waals surface area (Å²) >= 11 is 0. The second kappa shape index (κ2) is 2.51. The molecular formula is C4H5NO5. The van der Waals surface area contributed by atoms with Crippen LogP contribution in [0.5, 0.6) is 0 Å². The van der Waals surface area contributed by atoms with Crippen molar-refractivity contribution in [3.05, 3.63) is 10.1 Å². The number of ether oxygens (including phenoxy) is 1. The van der Waals surface area contributed by atoms with E-state index in [1.807, 2.05) is 0 Å². The van der Waals surface area contributed by atoms with Crippen LogP contribution < -0.4 is 0 Å². The molecule has 0 aromatic carbocycles. The molecule has 10 heavy (non-hydrogen) atoms.